The van der Waals surface area contributed by atoms with Crippen molar-refractivity contribution < 1.29 is 15.0 Å². The number of aliphatic hydroxyl groups excluding tert-OH is 2. The second-order valence-electron chi connectivity index (χ2n) is 4.87. The molecule has 0 aliphatic rings. The number of pyridine rings is 1. The van der Waals surface area contributed by atoms with Crippen LogP contribution < -0.4 is 11.0 Å². The number of aromatic nitrogens is 3. The van der Waals surface area contributed by atoms with Crippen LogP contribution >= 0.6 is 0 Å². The van der Waals surface area contributed by atoms with Crippen LogP contribution in [0.5, 0.6) is 0 Å². The third-order valence-corrected chi connectivity index (χ3v) is 3.47. The second-order valence-corrected chi connectivity index (χ2v) is 4.87. The van der Waals surface area contributed by atoms with Gasteiger partial charge in [-0.3, -0.25) is 9.20 Å². The molecule has 0 radical (unpaired) electrons. The third kappa shape index (κ3) is 2.96. The minimum atomic E-state index is -1.08. The maximum atomic E-state index is 12.0. The summed E-state index contributed by atoms with van der Waals surface area (Å²) >= 11 is 0. The molecule has 2 heterocycles. The molecule has 21 heavy (non-hydrogen) atoms. The van der Waals surface area contributed by atoms with E-state index in [0.29, 0.717) is 12.1 Å². The van der Waals surface area contributed by atoms with Crippen LogP contribution in [0.15, 0.2) is 29.2 Å². The summed E-state index contributed by atoms with van der Waals surface area (Å²) in [7, 11) is 0. The molecule has 0 saturated heterocycles. The zero-order valence-electron chi connectivity index (χ0n) is 11.7. The van der Waals surface area contributed by atoms with Crippen LogP contribution in [0.1, 0.15) is 13.3 Å². The van der Waals surface area contributed by atoms with Crippen molar-refractivity contribution in [3.8, 4) is 0 Å². The summed E-state index contributed by atoms with van der Waals surface area (Å²) in [6, 6.07) is 5.10. The number of aliphatic hydroxyl groups is 2. The molecule has 0 aliphatic carbocycles. The van der Waals surface area contributed by atoms with Crippen LogP contribution in [0.4, 0.5) is 0 Å². The molecule has 3 N–H and O–H groups in total. The Morgan fingerprint density at radius 3 is 2.67 bits per heavy atom. The molecule has 8 heteroatoms. The molecular weight excluding hydrogens is 276 g/mol. The Kier molecular flexibility index (Phi) is 4.39. The van der Waals surface area contributed by atoms with Crippen molar-refractivity contribution in [3.05, 3.63) is 34.9 Å². The number of amides is 1. The van der Waals surface area contributed by atoms with E-state index in [4.69, 9.17) is 0 Å². The lowest BCUT2D eigenvalue weighted by Gasteiger charge is -2.29. The molecule has 0 fully saturated rings. The summed E-state index contributed by atoms with van der Waals surface area (Å²) < 4.78 is 2.37. The van der Waals surface area contributed by atoms with E-state index >= 15 is 0 Å². The lowest BCUT2D eigenvalue weighted by atomic mass is 9.98. The summed E-state index contributed by atoms with van der Waals surface area (Å²) in [5.74, 6) is -0.495. The van der Waals surface area contributed by atoms with Gasteiger partial charge in [0, 0.05) is 6.20 Å². The van der Waals surface area contributed by atoms with Crippen LogP contribution in [-0.4, -0.2) is 49.1 Å². The highest BCUT2D eigenvalue weighted by atomic mass is 16.3. The minimum Gasteiger partial charge on any atom is -0.394 e. The van der Waals surface area contributed by atoms with Gasteiger partial charge in [0.05, 0.1) is 18.8 Å². The van der Waals surface area contributed by atoms with Gasteiger partial charge in [-0.15, -0.1) is 5.10 Å². The van der Waals surface area contributed by atoms with Gasteiger partial charge in [0.1, 0.15) is 6.54 Å². The molecule has 0 atom stereocenters. The predicted molar refractivity (Wildman–Crippen MR) is 74.8 cm³/mol. The van der Waals surface area contributed by atoms with Crippen molar-refractivity contribution >= 4 is 11.6 Å². The SMILES string of the molecule is CCC(CO)(CO)NC(=O)Cn1nc2ccccn2c1=O. The number of nitrogens with zero attached hydrogens (tertiary/aromatic N) is 3. The van der Waals surface area contributed by atoms with Gasteiger partial charge in [-0.2, -0.15) is 0 Å². The van der Waals surface area contributed by atoms with Crippen molar-refractivity contribution in [2.45, 2.75) is 25.4 Å². The lowest BCUT2D eigenvalue weighted by molar-refractivity contribution is -0.125. The maximum absolute atomic E-state index is 12.0. The van der Waals surface area contributed by atoms with Crippen LogP contribution in [0.25, 0.3) is 5.65 Å². The summed E-state index contributed by atoms with van der Waals surface area (Å²) in [5.41, 5.74) is -1.06. The van der Waals surface area contributed by atoms with Gasteiger partial charge in [-0.05, 0) is 18.6 Å². The van der Waals surface area contributed by atoms with Crippen LogP contribution in [0.2, 0.25) is 0 Å². The van der Waals surface area contributed by atoms with Gasteiger partial charge in [-0.25, -0.2) is 9.48 Å². The molecule has 114 valence electrons. The first kappa shape index (κ1) is 15.2. The van der Waals surface area contributed by atoms with E-state index < -0.39 is 17.1 Å². The van der Waals surface area contributed by atoms with Crippen molar-refractivity contribution in [1.82, 2.24) is 19.5 Å². The molecule has 2 aromatic heterocycles. The van der Waals surface area contributed by atoms with Gasteiger partial charge in [0.15, 0.2) is 5.65 Å². The number of fused-ring (bicyclic) bond motifs is 1. The van der Waals surface area contributed by atoms with E-state index in [2.05, 4.69) is 10.4 Å². The Balaban J connectivity index is 2.18. The van der Waals surface area contributed by atoms with Crippen molar-refractivity contribution in [3.63, 3.8) is 0 Å². The van der Waals surface area contributed by atoms with E-state index in [0.717, 1.165) is 4.68 Å². The fraction of sp³-hybridized carbons (Fsp3) is 0.462. The molecule has 0 spiro atoms. The molecule has 8 nitrogen and oxygen atoms in total. The topological polar surface area (TPSA) is 109 Å². The summed E-state index contributed by atoms with van der Waals surface area (Å²) in [5, 5.41) is 25.2. The highest BCUT2D eigenvalue weighted by molar-refractivity contribution is 5.76. The number of hydrogen-bond acceptors (Lipinski definition) is 5. The predicted octanol–water partition coefficient (Wildman–Crippen LogP) is -1.25. The van der Waals surface area contributed by atoms with Crippen molar-refractivity contribution in [1.29, 1.82) is 0 Å². The Hall–Kier alpha value is -2.19. The second kappa shape index (κ2) is 6.06. The molecule has 2 aromatic rings. The number of carbonyl (C=O) groups is 1. The fourth-order valence-electron chi connectivity index (χ4n) is 1.98. The Morgan fingerprint density at radius 1 is 1.38 bits per heavy atom. The van der Waals surface area contributed by atoms with Gasteiger partial charge in [0.2, 0.25) is 5.91 Å². The Morgan fingerprint density at radius 2 is 2.10 bits per heavy atom. The van der Waals surface area contributed by atoms with Gasteiger partial charge >= 0.3 is 5.69 Å². The Bertz CT molecular complexity index is 679. The van der Waals surface area contributed by atoms with Crippen molar-refractivity contribution in [2.24, 2.45) is 0 Å². The average Bonchev–Trinajstić information content (AvgIpc) is 2.82. The van der Waals surface area contributed by atoms with E-state index in [9.17, 15) is 19.8 Å². The van der Waals surface area contributed by atoms with Gasteiger partial charge < -0.3 is 15.5 Å². The van der Waals surface area contributed by atoms with Crippen molar-refractivity contribution in [2.75, 3.05) is 13.2 Å². The quantitative estimate of drug-likeness (QED) is 0.616. The number of carbonyl (C=O) groups excluding carboxylic acids is 1. The highest BCUT2D eigenvalue weighted by Gasteiger charge is 2.28. The van der Waals surface area contributed by atoms with E-state index in [-0.39, 0.29) is 19.8 Å². The van der Waals surface area contributed by atoms with Gasteiger partial charge in [0.25, 0.3) is 0 Å². The summed E-state index contributed by atoms with van der Waals surface area (Å²) in [4.78, 5) is 24.0. The molecule has 0 unspecified atom stereocenters. The zero-order chi connectivity index (χ0) is 15.5. The molecule has 1 amide bonds. The molecule has 0 bridgehead atoms. The first-order chi connectivity index (χ1) is 10.0. The molecule has 0 aromatic carbocycles. The van der Waals surface area contributed by atoms with Crippen LogP contribution in [0, 0.1) is 0 Å². The molecule has 0 aliphatic heterocycles. The fourth-order valence-corrected chi connectivity index (χ4v) is 1.98. The molecular formula is C13H18N4O4. The third-order valence-electron chi connectivity index (χ3n) is 3.47. The smallest absolute Gasteiger partial charge is 0.350 e. The van der Waals surface area contributed by atoms with E-state index in [1.54, 1.807) is 31.3 Å². The minimum absolute atomic E-state index is 0.276. The summed E-state index contributed by atoms with van der Waals surface area (Å²) in [6.45, 7) is 0.698. The monoisotopic (exact) mass is 294 g/mol. The van der Waals surface area contributed by atoms with Gasteiger partial charge in [-0.1, -0.05) is 13.0 Å². The summed E-state index contributed by atoms with van der Waals surface area (Å²) in [6.07, 6.45) is 1.93. The normalized spacial score (nSPS) is 11.8. The number of hydrogen-bond donors (Lipinski definition) is 3. The average molecular weight is 294 g/mol. The molecule has 0 saturated carbocycles. The lowest BCUT2D eigenvalue weighted by Crippen LogP contribution is -2.55. The standard InChI is InChI=1S/C13H18N4O4/c1-2-13(8-18,9-19)14-11(20)7-17-12(21)16-6-4-3-5-10(16)15-17/h3-6,18-19H,2,7-9H2,1H3,(H,14,20). The van der Waals surface area contributed by atoms with E-state index in [1.165, 1.54) is 4.40 Å². The first-order valence-electron chi connectivity index (χ1n) is 6.62. The van der Waals surface area contributed by atoms with Crippen LogP contribution in [-0.2, 0) is 11.3 Å². The highest BCUT2D eigenvalue weighted by Crippen LogP contribution is 2.08. The molecule has 2 rings (SSSR count). The van der Waals surface area contributed by atoms with Crippen LogP contribution in [0.3, 0.4) is 0 Å². The maximum Gasteiger partial charge on any atom is 0.350 e. The number of nitrogens with one attached hydrogen (secondary N) is 1. The van der Waals surface area contributed by atoms with E-state index in [1.807, 2.05) is 0 Å². The zero-order valence-corrected chi connectivity index (χ0v) is 11.7. The first-order valence-corrected chi connectivity index (χ1v) is 6.62. The Labute approximate surface area is 120 Å². The largest absolute Gasteiger partial charge is 0.394 e. The number of rotatable bonds is 6.